The second-order valence-electron chi connectivity index (χ2n) is 3.37. The molecule has 3 N–H and O–H groups in total. The minimum atomic E-state index is -1.18. The fourth-order valence-electron chi connectivity index (χ4n) is 1.13. The number of carbonyl (C=O) groups is 3. The summed E-state index contributed by atoms with van der Waals surface area (Å²) in [6, 6.07) is 6.05. The van der Waals surface area contributed by atoms with Gasteiger partial charge in [-0.15, -0.1) is 0 Å². The molecule has 7 heteroatoms. The fourth-order valence-corrected chi connectivity index (χ4v) is 1.13. The Morgan fingerprint density at radius 1 is 1.22 bits per heavy atom. The molecule has 0 spiro atoms. The molecule has 0 bridgehead atoms. The normalized spacial score (nSPS) is 9.61. The van der Waals surface area contributed by atoms with Crippen molar-refractivity contribution in [1.82, 2.24) is 5.48 Å². The summed E-state index contributed by atoms with van der Waals surface area (Å²) in [7, 11) is 0. The largest absolute Gasteiger partial charge is 0.479 e. The molecule has 0 aliphatic rings. The van der Waals surface area contributed by atoms with E-state index in [2.05, 4.69) is 10.2 Å². The maximum Gasteiger partial charge on any atom is 0.332 e. The number of carbonyl (C=O) groups excluding carboxylic acids is 2. The van der Waals surface area contributed by atoms with Crippen LogP contribution in [0.2, 0.25) is 0 Å². The topological polar surface area (TPSA) is 105 Å². The Labute approximate surface area is 103 Å². The number of carboxylic acid groups (broad SMARTS) is 1. The maximum atomic E-state index is 11.4. The number of hydrogen-bond acceptors (Lipinski definition) is 4. The van der Waals surface area contributed by atoms with E-state index in [9.17, 15) is 14.4 Å². The van der Waals surface area contributed by atoms with E-state index < -0.39 is 18.5 Å². The van der Waals surface area contributed by atoms with Gasteiger partial charge in [-0.25, -0.2) is 10.3 Å². The number of anilines is 1. The van der Waals surface area contributed by atoms with E-state index in [0.717, 1.165) is 0 Å². The van der Waals surface area contributed by atoms with E-state index in [4.69, 9.17) is 5.11 Å². The van der Waals surface area contributed by atoms with Gasteiger partial charge in [-0.3, -0.25) is 14.4 Å². The molecule has 1 aromatic carbocycles. The highest BCUT2D eigenvalue weighted by Gasteiger charge is 2.06. The Morgan fingerprint density at radius 2 is 1.83 bits per heavy atom. The second kappa shape index (κ2) is 6.36. The number of amides is 2. The summed E-state index contributed by atoms with van der Waals surface area (Å²) < 4.78 is 0. The van der Waals surface area contributed by atoms with Gasteiger partial charge in [-0.2, -0.15) is 0 Å². The van der Waals surface area contributed by atoms with Crippen molar-refractivity contribution in [3.63, 3.8) is 0 Å². The summed E-state index contributed by atoms with van der Waals surface area (Å²) in [5.74, 6) is -1.96. The van der Waals surface area contributed by atoms with E-state index in [1.807, 2.05) is 5.48 Å². The van der Waals surface area contributed by atoms with Gasteiger partial charge in [0.15, 0.2) is 6.61 Å². The lowest BCUT2D eigenvalue weighted by molar-refractivity contribution is -0.144. The van der Waals surface area contributed by atoms with Gasteiger partial charge >= 0.3 is 5.97 Å². The van der Waals surface area contributed by atoms with Crippen molar-refractivity contribution >= 4 is 23.5 Å². The Bertz CT molecular complexity index is 455. The molecule has 2 amide bonds. The summed E-state index contributed by atoms with van der Waals surface area (Å²) >= 11 is 0. The molecule has 18 heavy (non-hydrogen) atoms. The van der Waals surface area contributed by atoms with Crippen molar-refractivity contribution in [1.29, 1.82) is 0 Å². The number of hydroxylamine groups is 1. The zero-order valence-electron chi connectivity index (χ0n) is 9.60. The molecule has 0 saturated heterocycles. The molecule has 1 rings (SSSR count). The number of aliphatic carboxylic acids is 1. The Kier molecular flexibility index (Phi) is 4.82. The van der Waals surface area contributed by atoms with Crippen molar-refractivity contribution < 1.29 is 24.3 Å². The Balaban J connectivity index is 2.53. The number of hydrogen-bond donors (Lipinski definition) is 3. The van der Waals surface area contributed by atoms with E-state index >= 15 is 0 Å². The molecule has 0 heterocycles. The number of rotatable bonds is 5. The predicted molar refractivity (Wildman–Crippen MR) is 61.8 cm³/mol. The third-order valence-corrected chi connectivity index (χ3v) is 1.83. The minimum absolute atomic E-state index is 0.211. The molecule has 7 nitrogen and oxygen atoms in total. The zero-order chi connectivity index (χ0) is 13.5. The van der Waals surface area contributed by atoms with Gasteiger partial charge in [0, 0.05) is 18.2 Å². The summed E-state index contributed by atoms with van der Waals surface area (Å²) in [5.41, 5.74) is 2.83. The molecule has 0 fully saturated rings. The molecule has 0 radical (unpaired) electrons. The molecule has 0 aromatic heterocycles. The van der Waals surface area contributed by atoms with Crippen LogP contribution in [0.4, 0.5) is 5.69 Å². The van der Waals surface area contributed by atoms with Crippen LogP contribution in [0.5, 0.6) is 0 Å². The van der Waals surface area contributed by atoms with E-state index in [1.54, 1.807) is 12.1 Å². The van der Waals surface area contributed by atoms with Gasteiger partial charge in [-0.1, -0.05) is 0 Å². The molecule has 1 aromatic rings. The van der Waals surface area contributed by atoms with E-state index in [-0.39, 0.29) is 11.5 Å². The van der Waals surface area contributed by atoms with Crippen LogP contribution in [0.1, 0.15) is 17.3 Å². The van der Waals surface area contributed by atoms with Crippen LogP contribution in [0.25, 0.3) is 0 Å². The van der Waals surface area contributed by atoms with Gasteiger partial charge in [0.25, 0.3) is 5.91 Å². The molecule has 0 unspecified atom stereocenters. The molecule has 0 aliphatic carbocycles. The lowest BCUT2D eigenvalue weighted by atomic mass is 10.2. The quantitative estimate of drug-likeness (QED) is 0.657. The SMILES string of the molecule is CC(=O)Nc1ccc(C(=O)NOCC(=O)O)cc1. The maximum absolute atomic E-state index is 11.4. The Hall–Kier alpha value is -2.41. The van der Waals surface area contributed by atoms with Crippen LogP contribution in [0, 0.1) is 0 Å². The number of carboxylic acids is 1. The van der Waals surface area contributed by atoms with Crippen molar-refractivity contribution in [2.24, 2.45) is 0 Å². The lowest BCUT2D eigenvalue weighted by Crippen LogP contribution is -2.26. The standard InChI is InChI=1S/C11H12N2O5/c1-7(14)12-9-4-2-8(3-5-9)11(17)13-18-6-10(15)16/h2-5H,6H2,1H3,(H,12,14)(H,13,17)(H,15,16). The molecule has 0 saturated carbocycles. The van der Waals surface area contributed by atoms with Crippen molar-refractivity contribution in [2.75, 3.05) is 11.9 Å². The first-order chi connectivity index (χ1) is 8.49. The fraction of sp³-hybridized carbons (Fsp3) is 0.182. The molecule has 0 atom stereocenters. The predicted octanol–water partition coefficient (Wildman–Crippen LogP) is 0.391. The van der Waals surface area contributed by atoms with Crippen LogP contribution in [-0.4, -0.2) is 29.5 Å². The van der Waals surface area contributed by atoms with Crippen molar-refractivity contribution in [2.45, 2.75) is 6.92 Å². The molecular weight excluding hydrogens is 240 g/mol. The van der Waals surface area contributed by atoms with E-state index in [1.165, 1.54) is 19.1 Å². The average Bonchev–Trinajstić information content (AvgIpc) is 2.28. The van der Waals surface area contributed by atoms with Gasteiger partial charge in [0.2, 0.25) is 5.91 Å². The Morgan fingerprint density at radius 3 is 2.33 bits per heavy atom. The summed E-state index contributed by atoms with van der Waals surface area (Å²) in [4.78, 5) is 36.8. The second-order valence-corrected chi connectivity index (χ2v) is 3.37. The molecule has 0 aliphatic heterocycles. The monoisotopic (exact) mass is 252 g/mol. The van der Waals surface area contributed by atoms with Crippen LogP contribution >= 0.6 is 0 Å². The first-order valence-corrected chi connectivity index (χ1v) is 5.00. The first kappa shape index (κ1) is 13.7. The van der Waals surface area contributed by atoms with Gasteiger partial charge < -0.3 is 10.4 Å². The summed E-state index contributed by atoms with van der Waals surface area (Å²) in [6.45, 7) is 0.760. The number of nitrogens with one attached hydrogen (secondary N) is 2. The number of benzene rings is 1. The molecular formula is C11H12N2O5. The van der Waals surface area contributed by atoms with Gasteiger partial charge in [0.1, 0.15) is 0 Å². The minimum Gasteiger partial charge on any atom is -0.479 e. The van der Waals surface area contributed by atoms with Gasteiger partial charge in [0.05, 0.1) is 0 Å². The third-order valence-electron chi connectivity index (χ3n) is 1.83. The highest BCUT2D eigenvalue weighted by molar-refractivity contribution is 5.94. The van der Waals surface area contributed by atoms with Crippen molar-refractivity contribution in [3.8, 4) is 0 Å². The lowest BCUT2D eigenvalue weighted by Gasteiger charge is -2.05. The summed E-state index contributed by atoms with van der Waals surface area (Å²) in [5, 5.41) is 10.9. The smallest absolute Gasteiger partial charge is 0.332 e. The average molecular weight is 252 g/mol. The molecule has 96 valence electrons. The third kappa shape index (κ3) is 4.62. The zero-order valence-corrected chi connectivity index (χ0v) is 9.60. The van der Waals surface area contributed by atoms with Crippen LogP contribution in [0.15, 0.2) is 24.3 Å². The summed E-state index contributed by atoms with van der Waals surface area (Å²) in [6.07, 6.45) is 0. The highest BCUT2D eigenvalue weighted by atomic mass is 16.7. The highest BCUT2D eigenvalue weighted by Crippen LogP contribution is 2.09. The van der Waals surface area contributed by atoms with Crippen LogP contribution < -0.4 is 10.8 Å². The van der Waals surface area contributed by atoms with Gasteiger partial charge in [-0.05, 0) is 24.3 Å². The van der Waals surface area contributed by atoms with Crippen LogP contribution in [-0.2, 0) is 14.4 Å². The van der Waals surface area contributed by atoms with E-state index in [0.29, 0.717) is 5.69 Å². The van der Waals surface area contributed by atoms with Crippen LogP contribution in [0.3, 0.4) is 0 Å². The first-order valence-electron chi connectivity index (χ1n) is 5.00. The van der Waals surface area contributed by atoms with Crippen molar-refractivity contribution in [3.05, 3.63) is 29.8 Å².